The molecule has 0 fully saturated rings. The van der Waals surface area contributed by atoms with Gasteiger partial charge >= 0.3 is 0 Å². The molecular weight excluding hydrogens is 376 g/mol. The summed E-state index contributed by atoms with van der Waals surface area (Å²) < 4.78 is 37.3. The first kappa shape index (κ1) is 20.2. The number of methoxy groups -OCH3 is 1. The van der Waals surface area contributed by atoms with Gasteiger partial charge in [0.1, 0.15) is 22.3 Å². The molecular formula is C17H22N2O5S2. The van der Waals surface area contributed by atoms with Gasteiger partial charge < -0.3 is 14.8 Å². The Morgan fingerprint density at radius 2 is 1.81 bits per heavy atom. The largest absolute Gasteiger partial charge is 0.497 e. The molecule has 0 spiro atoms. The molecule has 0 unspecified atom stereocenters. The van der Waals surface area contributed by atoms with E-state index in [4.69, 9.17) is 9.47 Å². The summed E-state index contributed by atoms with van der Waals surface area (Å²) in [6.45, 7) is 2.18. The van der Waals surface area contributed by atoms with E-state index in [1.54, 1.807) is 43.5 Å². The standard InChI is InChI=1S/C17H22N2O5S2/c1-3-15-8-9-17(25-15)26(21,22)19-12-16(20)18-10-11-24-14-6-4-13(23-2)5-7-14/h4-9,19H,3,10-12H2,1-2H3,(H,18,20). The number of sulfonamides is 1. The maximum atomic E-state index is 12.1. The number of hydrogen-bond acceptors (Lipinski definition) is 6. The number of hydrogen-bond donors (Lipinski definition) is 2. The summed E-state index contributed by atoms with van der Waals surface area (Å²) in [6, 6.07) is 10.4. The van der Waals surface area contributed by atoms with Crippen LogP contribution in [-0.4, -0.2) is 41.1 Å². The third-order valence-electron chi connectivity index (χ3n) is 3.43. The van der Waals surface area contributed by atoms with Gasteiger partial charge in [0.05, 0.1) is 20.2 Å². The smallest absolute Gasteiger partial charge is 0.250 e. The Bertz CT molecular complexity index is 816. The van der Waals surface area contributed by atoms with Crippen molar-refractivity contribution < 1.29 is 22.7 Å². The second-order valence-electron chi connectivity index (χ2n) is 5.27. The molecule has 0 aliphatic rings. The number of ether oxygens (including phenoxy) is 2. The predicted octanol–water partition coefficient (Wildman–Crippen LogP) is 1.79. The zero-order valence-corrected chi connectivity index (χ0v) is 16.3. The van der Waals surface area contributed by atoms with Crippen LogP contribution in [0, 0.1) is 0 Å². The van der Waals surface area contributed by atoms with Crippen molar-refractivity contribution in [3.8, 4) is 11.5 Å². The fourth-order valence-electron chi connectivity index (χ4n) is 2.02. The van der Waals surface area contributed by atoms with Gasteiger partial charge in [-0.1, -0.05) is 6.92 Å². The summed E-state index contributed by atoms with van der Waals surface area (Å²) in [7, 11) is -2.08. The van der Waals surface area contributed by atoms with Crippen molar-refractivity contribution in [3.63, 3.8) is 0 Å². The molecule has 0 bridgehead atoms. The first-order valence-corrected chi connectivity index (χ1v) is 10.4. The monoisotopic (exact) mass is 398 g/mol. The minimum absolute atomic E-state index is 0.213. The van der Waals surface area contributed by atoms with Crippen molar-refractivity contribution in [1.29, 1.82) is 0 Å². The summed E-state index contributed by atoms with van der Waals surface area (Å²) >= 11 is 1.20. The Balaban J connectivity index is 1.69. The van der Waals surface area contributed by atoms with Gasteiger partial charge in [-0.15, -0.1) is 11.3 Å². The van der Waals surface area contributed by atoms with E-state index in [0.29, 0.717) is 5.75 Å². The first-order chi connectivity index (χ1) is 12.4. The molecule has 0 atom stereocenters. The van der Waals surface area contributed by atoms with Gasteiger partial charge in [0.25, 0.3) is 10.0 Å². The van der Waals surface area contributed by atoms with Crippen molar-refractivity contribution in [2.24, 2.45) is 0 Å². The number of aryl methyl sites for hydroxylation is 1. The van der Waals surface area contributed by atoms with Crippen molar-refractivity contribution in [2.75, 3.05) is 26.8 Å². The molecule has 1 aromatic carbocycles. The number of thiophene rings is 1. The highest BCUT2D eigenvalue weighted by Crippen LogP contribution is 2.21. The fraction of sp³-hybridized carbons (Fsp3) is 0.353. The molecule has 0 saturated carbocycles. The van der Waals surface area contributed by atoms with Crippen molar-refractivity contribution in [2.45, 2.75) is 17.6 Å². The highest BCUT2D eigenvalue weighted by atomic mass is 32.2. The highest BCUT2D eigenvalue weighted by Gasteiger charge is 2.17. The quantitative estimate of drug-likeness (QED) is 0.595. The lowest BCUT2D eigenvalue weighted by atomic mass is 10.3. The maximum absolute atomic E-state index is 12.1. The third-order valence-corrected chi connectivity index (χ3v) is 6.55. The molecule has 0 radical (unpaired) electrons. The Morgan fingerprint density at radius 1 is 1.12 bits per heavy atom. The number of carbonyl (C=O) groups is 1. The molecule has 0 aliphatic heterocycles. The summed E-state index contributed by atoms with van der Waals surface area (Å²) in [5.41, 5.74) is 0. The first-order valence-electron chi connectivity index (χ1n) is 8.06. The van der Waals surface area contributed by atoms with E-state index in [9.17, 15) is 13.2 Å². The van der Waals surface area contributed by atoms with E-state index in [-0.39, 0.29) is 23.9 Å². The molecule has 142 valence electrons. The predicted molar refractivity (Wildman–Crippen MR) is 100 cm³/mol. The molecule has 1 amide bonds. The summed E-state index contributed by atoms with van der Waals surface area (Å²) in [4.78, 5) is 12.7. The minimum atomic E-state index is -3.66. The van der Waals surface area contributed by atoms with Crippen LogP contribution in [0.15, 0.2) is 40.6 Å². The Morgan fingerprint density at radius 3 is 2.42 bits per heavy atom. The number of rotatable bonds is 10. The highest BCUT2D eigenvalue weighted by molar-refractivity contribution is 7.91. The SMILES string of the molecule is CCc1ccc(S(=O)(=O)NCC(=O)NCCOc2ccc(OC)cc2)s1. The second kappa shape index (κ2) is 9.56. The Kier molecular flexibility index (Phi) is 7.43. The van der Waals surface area contributed by atoms with Crippen LogP contribution in [0.3, 0.4) is 0 Å². The Hall–Kier alpha value is -2.10. The molecule has 7 nitrogen and oxygen atoms in total. The van der Waals surface area contributed by atoms with Crippen LogP contribution in [0.1, 0.15) is 11.8 Å². The molecule has 2 rings (SSSR count). The normalized spacial score (nSPS) is 11.2. The van der Waals surface area contributed by atoms with E-state index < -0.39 is 15.9 Å². The zero-order chi connectivity index (χ0) is 19.0. The molecule has 0 saturated heterocycles. The average molecular weight is 399 g/mol. The van der Waals surface area contributed by atoms with E-state index in [0.717, 1.165) is 17.0 Å². The molecule has 26 heavy (non-hydrogen) atoms. The maximum Gasteiger partial charge on any atom is 0.250 e. The third kappa shape index (κ3) is 6.01. The van der Waals surface area contributed by atoms with E-state index >= 15 is 0 Å². The van der Waals surface area contributed by atoms with E-state index in [1.165, 1.54) is 11.3 Å². The number of nitrogens with one attached hydrogen (secondary N) is 2. The minimum Gasteiger partial charge on any atom is -0.497 e. The Labute approximate surface area is 157 Å². The molecule has 0 aliphatic carbocycles. The van der Waals surface area contributed by atoms with Gasteiger partial charge in [-0.3, -0.25) is 4.79 Å². The number of carbonyl (C=O) groups excluding carboxylic acids is 1. The van der Waals surface area contributed by atoms with Crippen molar-refractivity contribution >= 4 is 27.3 Å². The molecule has 9 heteroatoms. The lowest BCUT2D eigenvalue weighted by Gasteiger charge is -2.09. The summed E-state index contributed by atoms with van der Waals surface area (Å²) in [5, 5.41) is 2.60. The van der Waals surface area contributed by atoms with Gasteiger partial charge in [-0.25, -0.2) is 13.1 Å². The lowest BCUT2D eigenvalue weighted by molar-refractivity contribution is -0.120. The van der Waals surface area contributed by atoms with E-state index in [2.05, 4.69) is 10.0 Å². The second-order valence-corrected chi connectivity index (χ2v) is 8.43. The number of benzene rings is 1. The van der Waals surface area contributed by atoms with Crippen LogP contribution in [0.4, 0.5) is 0 Å². The molecule has 1 aromatic heterocycles. The topological polar surface area (TPSA) is 93.7 Å². The van der Waals surface area contributed by atoms with Crippen LogP contribution in [0.2, 0.25) is 0 Å². The van der Waals surface area contributed by atoms with Gasteiger partial charge in [-0.2, -0.15) is 0 Å². The zero-order valence-electron chi connectivity index (χ0n) is 14.7. The van der Waals surface area contributed by atoms with Crippen molar-refractivity contribution in [1.82, 2.24) is 10.0 Å². The lowest BCUT2D eigenvalue weighted by Crippen LogP contribution is -2.38. The van der Waals surface area contributed by atoms with E-state index in [1.807, 2.05) is 6.92 Å². The van der Waals surface area contributed by atoms with Gasteiger partial charge in [-0.05, 0) is 42.8 Å². The van der Waals surface area contributed by atoms with Crippen LogP contribution in [-0.2, 0) is 21.2 Å². The van der Waals surface area contributed by atoms with Crippen LogP contribution in [0.5, 0.6) is 11.5 Å². The summed E-state index contributed by atoms with van der Waals surface area (Å²) in [5.74, 6) is 0.971. The molecule has 1 heterocycles. The van der Waals surface area contributed by atoms with Crippen LogP contribution < -0.4 is 19.5 Å². The van der Waals surface area contributed by atoms with Crippen LogP contribution >= 0.6 is 11.3 Å². The van der Waals surface area contributed by atoms with Crippen LogP contribution in [0.25, 0.3) is 0 Å². The number of amides is 1. The van der Waals surface area contributed by atoms with Gasteiger partial charge in [0.2, 0.25) is 5.91 Å². The molecule has 2 N–H and O–H groups in total. The average Bonchev–Trinajstić information content (AvgIpc) is 3.14. The molecule has 2 aromatic rings. The van der Waals surface area contributed by atoms with Gasteiger partial charge in [0, 0.05) is 4.88 Å². The summed E-state index contributed by atoms with van der Waals surface area (Å²) in [6.07, 6.45) is 0.773. The van der Waals surface area contributed by atoms with Crippen molar-refractivity contribution in [3.05, 3.63) is 41.3 Å². The fourth-order valence-corrected chi connectivity index (χ4v) is 4.34. The van der Waals surface area contributed by atoms with Gasteiger partial charge in [0.15, 0.2) is 0 Å².